The van der Waals surface area contributed by atoms with Gasteiger partial charge in [-0.15, -0.1) is 0 Å². The summed E-state index contributed by atoms with van der Waals surface area (Å²) < 4.78 is 5.97. The standard InChI is InChI=1S/C21H18ClN3O3/c1-23-20(26)21(27)25-24-12-16-11-17(22)9-10-19(16)28-13-15-7-4-6-14-5-2-3-8-18(14)15/h2-12H,13H2,1H3,(H,23,26)(H,25,27)/b24-12-. The van der Waals surface area contributed by atoms with Crippen molar-refractivity contribution < 1.29 is 14.3 Å². The Hall–Kier alpha value is -3.38. The number of benzene rings is 3. The minimum atomic E-state index is -0.862. The highest BCUT2D eigenvalue weighted by Gasteiger charge is 2.10. The summed E-state index contributed by atoms with van der Waals surface area (Å²) in [5.74, 6) is -1.09. The van der Waals surface area contributed by atoms with Gasteiger partial charge in [-0.05, 0) is 34.5 Å². The zero-order chi connectivity index (χ0) is 19.9. The Labute approximate surface area is 167 Å². The van der Waals surface area contributed by atoms with Crippen LogP contribution in [0.3, 0.4) is 0 Å². The van der Waals surface area contributed by atoms with Crippen LogP contribution in [0.2, 0.25) is 5.02 Å². The van der Waals surface area contributed by atoms with E-state index in [0.29, 0.717) is 22.9 Å². The van der Waals surface area contributed by atoms with Crippen LogP contribution in [0.4, 0.5) is 0 Å². The van der Waals surface area contributed by atoms with Crippen molar-refractivity contribution in [2.75, 3.05) is 7.05 Å². The predicted molar refractivity (Wildman–Crippen MR) is 110 cm³/mol. The number of nitrogens with zero attached hydrogens (tertiary/aromatic N) is 1. The van der Waals surface area contributed by atoms with Gasteiger partial charge < -0.3 is 10.1 Å². The molecule has 0 aliphatic rings. The third-order valence-electron chi connectivity index (χ3n) is 4.04. The molecule has 0 spiro atoms. The maximum absolute atomic E-state index is 11.5. The first-order chi connectivity index (χ1) is 13.6. The molecule has 0 aromatic heterocycles. The number of rotatable bonds is 5. The lowest BCUT2D eigenvalue weighted by molar-refractivity contribution is -0.138. The molecule has 0 atom stereocenters. The van der Waals surface area contributed by atoms with Gasteiger partial charge in [-0.3, -0.25) is 9.59 Å². The summed E-state index contributed by atoms with van der Waals surface area (Å²) in [5.41, 5.74) is 3.77. The van der Waals surface area contributed by atoms with Gasteiger partial charge in [0.05, 0.1) is 6.21 Å². The average molecular weight is 396 g/mol. The summed E-state index contributed by atoms with van der Waals surface area (Å²) in [5, 5.41) is 8.76. The van der Waals surface area contributed by atoms with E-state index in [0.717, 1.165) is 16.3 Å². The van der Waals surface area contributed by atoms with Crippen molar-refractivity contribution in [1.29, 1.82) is 0 Å². The van der Waals surface area contributed by atoms with Gasteiger partial charge in [0.15, 0.2) is 0 Å². The molecule has 3 aromatic carbocycles. The molecule has 28 heavy (non-hydrogen) atoms. The van der Waals surface area contributed by atoms with Crippen LogP contribution in [0, 0.1) is 0 Å². The molecular formula is C21H18ClN3O3. The summed E-state index contributed by atoms with van der Waals surface area (Å²) in [6.45, 7) is 0.356. The lowest BCUT2D eigenvalue weighted by Crippen LogP contribution is -2.35. The van der Waals surface area contributed by atoms with E-state index in [1.54, 1.807) is 18.2 Å². The van der Waals surface area contributed by atoms with Crippen LogP contribution in [0.1, 0.15) is 11.1 Å². The zero-order valence-electron chi connectivity index (χ0n) is 15.1. The lowest BCUT2D eigenvalue weighted by atomic mass is 10.1. The van der Waals surface area contributed by atoms with Crippen molar-refractivity contribution in [3.05, 3.63) is 76.8 Å². The van der Waals surface area contributed by atoms with E-state index >= 15 is 0 Å². The molecule has 0 fully saturated rings. The molecule has 0 aliphatic carbocycles. The maximum atomic E-state index is 11.5. The second-order valence-corrected chi connectivity index (χ2v) is 6.32. The SMILES string of the molecule is CNC(=O)C(=O)N/N=C\c1cc(Cl)ccc1OCc1cccc2ccccc12. The number of halogens is 1. The van der Waals surface area contributed by atoms with Crippen molar-refractivity contribution in [2.24, 2.45) is 5.10 Å². The first-order valence-corrected chi connectivity index (χ1v) is 8.90. The minimum absolute atomic E-state index is 0.356. The Morgan fingerprint density at radius 1 is 1.07 bits per heavy atom. The van der Waals surface area contributed by atoms with E-state index in [9.17, 15) is 9.59 Å². The molecular weight excluding hydrogens is 378 g/mol. The lowest BCUT2D eigenvalue weighted by Gasteiger charge is -2.11. The molecule has 0 heterocycles. The van der Waals surface area contributed by atoms with Crippen molar-refractivity contribution in [3.8, 4) is 5.75 Å². The van der Waals surface area contributed by atoms with E-state index in [2.05, 4.69) is 15.8 Å². The maximum Gasteiger partial charge on any atom is 0.329 e. The van der Waals surface area contributed by atoms with E-state index in [1.807, 2.05) is 42.5 Å². The summed E-state index contributed by atoms with van der Waals surface area (Å²) in [7, 11) is 1.36. The molecule has 142 valence electrons. The second-order valence-electron chi connectivity index (χ2n) is 5.89. The monoisotopic (exact) mass is 395 g/mol. The normalized spacial score (nSPS) is 10.8. The van der Waals surface area contributed by atoms with Crippen LogP contribution in [-0.2, 0) is 16.2 Å². The van der Waals surface area contributed by atoms with E-state index < -0.39 is 11.8 Å². The topological polar surface area (TPSA) is 79.8 Å². The van der Waals surface area contributed by atoms with Gasteiger partial charge in [0.25, 0.3) is 0 Å². The Bertz CT molecular complexity index is 1040. The Morgan fingerprint density at radius 2 is 1.86 bits per heavy atom. The van der Waals surface area contributed by atoms with E-state index in [-0.39, 0.29) is 0 Å². The molecule has 0 saturated heterocycles. The van der Waals surface area contributed by atoms with Crippen molar-refractivity contribution >= 4 is 40.4 Å². The number of amides is 2. The van der Waals surface area contributed by atoms with Crippen molar-refractivity contribution in [3.63, 3.8) is 0 Å². The van der Waals surface area contributed by atoms with Gasteiger partial charge in [-0.2, -0.15) is 5.10 Å². The highest BCUT2D eigenvalue weighted by Crippen LogP contribution is 2.24. The summed E-state index contributed by atoms with van der Waals surface area (Å²) in [4.78, 5) is 22.7. The summed E-state index contributed by atoms with van der Waals surface area (Å²) in [6.07, 6.45) is 1.38. The molecule has 6 nitrogen and oxygen atoms in total. The second kappa shape index (κ2) is 9.01. The fourth-order valence-corrected chi connectivity index (χ4v) is 2.83. The van der Waals surface area contributed by atoms with Gasteiger partial charge in [0.1, 0.15) is 12.4 Å². The highest BCUT2D eigenvalue weighted by molar-refractivity contribution is 6.35. The minimum Gasteiger partial charge on any atom is -0.488 e. The van der Waals surface area contributed by atoms with Crippen LogP contribution < -0.4 is 15.5 Å². The molecule has 0 saturated carbocycles. The van der Waals surface area contributed by atoms with Crippen molar-refractivity contribution in [2.45, 2.75) is 6.61 Å². The fourth-order valence-electron chi connectivity index (χ4n) is 2.65. The van der Waals surface area contributed by atoms with Crippen LogP contribution in [0.15, 0.2) is 65.8 Å². The van der Waals surface area contributed by atoms with Crippen LogP contribution in [0.25, 0.3) is 10.8 Å². The number of hydrogen-bond donors (Lipinski definition) is 2. The first-order valence-electron chi connectivity index (χ1n) is 8.52. The number of hydrazone groups is 1. The van der Waals surface area contributed by atoms with Gasteiger partial charge in [-0.1, -0.05) is 54.1 Å². The molecule has 2 amide bonds. The molecule has 7 heteroatoms. The average Bonchev–Trinajstić information content (AvgIpc) is 2.72. The third kappa shape index (κ3) is 4.66. The van der Waals surface area contributed by atoms with E-state index in [4.69, 9.17) is 16.3 Å². The van der Waals surface area contributed by atoms with Crippen LogP contribution in [-0.4, -0.2) is 25.1 Å². The quantitative estimate of drug-likeness (QED) is 0.395. The smallest absolute Gasteiger partial charge is 0.329 e. The summed E-state index contributed by atoms with van der Waals surface area (Å²) >= 11 is 6.06. The van der Waals surface area contributed by atoms with Gasteiger partial charge >= 0.3 is 11.8 Å². The van der Waals surface area contributed by atoms with Gasteiger partial charge in [0.2, 0.25) is 0 Å². The Kier molecular flexibility index (Phi) is 6.24. The van der Waals surface area contributed by atoms with Crippen LogP contribution in [0.5, 0.6) is 5.75 Å². The Balaban J connectivity index is 1.77. The largest absolute Gasteiger partial charge is 0.488 e. The zero-order valence-corrected chi connectivity index (χ0v) is 15.9. The molecule has 3 rings (SSSR count). The van der Waals surface area contributed by atoms with Gasteiger partial charge in [-0.25, -0.2) is 5.43 Å². The number of hydrogen-bond acceptors (Lipinski definition) is 4. The third-order valence-corrected chi connectivity index (χ3v) is 4.27. The first kappa shape index (κ1) is 19.4. The highest BCUT2D eigenvalue weighted by atomic mass is 35.5. The molecule has 0 radical (unpaired) electrons. The molecule has 0 aliphatic heterocycles. The molecule has 3 aromatic rings. The number of carbonyl (C=O) groups is 2. The number of nitrogens with one attached hydrogen (secondary N) is 2. The fraction of sp³-hybridized carbons (Fsp3) is 0.0952. The number of likely N-dealkylation sites (N-methyl/N-ethyl adjacent to an activating group) is 1. The molecule has 0 unspecified atom stereocenters. The predicted octanol–water partition coefficient (Wildman–Crippen LogP) is 3.27. The number of carbonyl (C=O) groups excluding carboxylic acids is 2. The summed E-state index contributed by atoms with van der Waals surface area (Å²) in [6, 6.07) is 19.2. The number of ether oxygens (including phenoxy) is 1. The van der Waals surface area contributed by atoms with E-state index in [1.165, 1.54) is 13.3 Å². The Morgan fingerprint density at radius 3 is 2.68 bits per heavy atom. The molecule has 2 N–H and O–H groups in total. The van der Waals surface area contributed by atoms with Crippen molar-refractivity contribution in [1.82, 2.24) is 10.7 Å². The van der Waals surface area contributed by atoms with Crippen LogP contribution >= 0.6 is 11.6 Å². The van der Waals surface area contributed by atoms with Gasteiger partial charge in [0, 0.05) is 17.6 Å². The number of fused-ring (bicyclic) bond motifs is 1. The molecule has 0 bridgehead atoms.